The van der Waals surface area contributed by atoms with Crippen LogP contribution in [-0.2, 0) is 22.7 Å². The molecule has 2 aromatic rings. The van der Waals surface area contributed by atoms with Crippen molar-refractivity contribution in [1.82, 2.24) is 14.7 Å². The Balaban J connectivity index is 1.50. The highest BCUT2D eigenvalue weighted by Gasteiger charge is 2.35. The number of hydrogen-bond acceptors (Lipinski definition) is 6. The van der Waals surface area contributed by atoms with E-state index in [1.165, 1.54) is 18.5 Å². The summed E-state index contributed by atoms with van der Waals surface area (Å²) in [5, 5.41) is 3.09. The van der Waals surface area contributed by atoms with E-state index in [0.29, 0.717) is 12.1 Å². The summed E-state index contributed by atoms with van der Waals surface area (Å²) < 4.78 is 80.3. The van der Waals surface area contributed by atoms with Crippen molar-refractivity contribution in [2.75, 3.05) is 29.6 Å². The minimum Gasteiger partial charge on any atom is -0.367 e. The number of alkyl halides is 3. The number of sulfonamides is 1. The minimum atomic E-state index is -4.42. The molecule has 12 heteroatoms. The van der Waals surface area contributed by atoms with Gasteiger partial charge in [0.2, 0.25) is 15.8 Å². The molecule has 7 nitrogen and oxygen atoms in total. The average molecular weight is 530 g/mol. The van der Waals surface area contributed by atoms with Crippen LogP contribution in [0.2, 0.25) is 0 Å². The molecule has 1 aromatic heterocycles. The van der Waals surface area contributed by atoms with Gasteiger partial charge in [-0.05, 0) is 43.4 Å². The first-order valence-corrected chi connectivity index (χ1v) is 14.0. The number of benzene rings is 1. The van der Waals surface area contributed by atoms with Gasteiger partial charge in [0.25, 0.3) is 0 Å². The van der Waals surface area contributed by atoms with Crippen LogP contribution in [0.4, 0.5) is 29.2 Å². The zero-order valence-electron chi connectivity index (χ0n) is 20.1. The normalized spacial score (nSPS) is 18.1. The molecule has 0 spiro atoms. The molecule has 1 heterocycles. The van der Waals surface area contributed by atoms with Crippen molar-refractivity contribution in [3.8, 4) is 0 Å². The third-order valence-electron chi connectivity index (χ3n) is 6.92. The summed E-state index contributed by atoms with van der Waals surface area (Å²) in [6, 6.07) is 4.90. The SMILES string of the molecule is CS(=O)(=O)NCC1(CNc2ncnc(N(Cc3ccc(C(F)(F)F)cc3)C3CC3)c2F)CCCCC1. The minimum absolute atomic E-state index is 0.0300. The Morgan fingerprint density at radius 1 is 1.06 bits per heavy atom. The number of nitrogens with one attached hydrogen (secondary N) is 2. The van der Waals surface area contributed by atoms with Crippen LogP contribution in [0.3, 0.4) is 0 Å². The van der Waals surface area contributed by atoms with Gasteiger partial charge >= 0.3 is 6.18 Å². The second-order valence-corrected chi connectivity index (χ2v) is 11.8. The van der Waals surface area contributed by atoms with Gasteiger partial charge < -0.3 is 10.2 Å². The number of halogens is 4. The Labute approximate surface area is 208 Å². The molecule has 0 unspecified atom stereocenters. The van der Waals surface area contributed by atoms with Gasteiger partial charge in [-0.15, -0.1) is 0 Å². The van der Waals surface area contributed by atoms with Gasteiger partial charge in [0.15, 0.2) is 11.6 Å². The lowest BCUT2D eigenvalue weighted by atomic mass is 9.74. The number of nitrogens with zero attached hydrogens (tertiary/aromatic N) is 3. The molecule has 0 bridgehead atoms. The molecule has 2 aliphatic rings. The Morgan fingerprint density at radius 2 is 1.72 bits per heavy atom. The zero-order chi connectivity index (χ0) is 26.0. The Hall–Kier alpha value is -2.47. The van der Waals surface area contributed by atoms with E-state index in [1.54, 1.807) is 4.90 Å². The van der Waals surface area contributed by atoms with Crippen LogP contribution in [0.15, 0.2) is 30.6 Å². The summed E-state index contributed by atoms with van der Waals surface area (Å²) in [6.07, 6.45) is 4.28. The molecule has 2 aliphatic carbocycles. The third-order valence-corrected chi connectivity index (χ3v) is 7.59. The van der Waals surface area contributed by atoms with Crippen LogP contribution in [0, 0.1) is 11.2 Å². The molecule has 2 fully saturated rings. The van der Waals surface area contributed by atoms with E-state index in [2.05, 4.69) is 20.0 Å². The number of anilines is 2. The third kappa shape index (κ3) is 6.84. The van der Waals surface area contributed by atoms with Gasteiger partial charge in [-0.2, -0.15) is 17.6 Å². The highest BCUT2D eigenvalue weighted by molar-refractivity contribution is 7.88. The number of rotatable bonds is 10. The highest BCUT2D eigenvalue weighted by atomic mass is 32.2. The van der Waals surface area contributed by atoms with Crippen LogP contribution in [0.25, 0.3) is 0 Å². The van der Waals surface area contributed by atoms with Crippen molar-refractivity contribution >= 4 is 21.7 Å². The van der Waals surface area contributed by atoms with E-state index in [1.807, 2.05) is 0 Å². The maximum atomic E-state index is 15.6. The van der Waals surface area contributed by atoms with Crippen molar-refractivity contribution in [2.24, 2.45) is 5.41 Å². The molecule has 0 radical (unpaired) electrons. The average Bonchev–Trinajstić information content (AvgIpc) is 3.66. The molecule has 2 saturated carbocycles. The predicted molar refractivity (Wildman–Crippen MR) is 129 cm³/mol. The first-order valence-electron chi connectivity index (χ1n) is 12.1. The summed E-state index contributed by atoms with van der Waals surface area (Å²) in [5.74, 6) is -0.498. The first kappa shape index (κ1) is 26.6. The second-order valence-electron chi connectivity index (χ2n) is 9.92. The predicted octanol–water partition coefficient (Wildman–Crippen LogP) is 4.72. The monoisotopic (exact) mass is 529 g/mol. The molecule has 198 valence electrons. The Kier molecular flexibility index (Phi) is 7.75. The van der Waals surface area contributed by atoms with Gasteiger partial charge in [0, 0.05) is 31.1 Å². The molecular weight excluding hydrogens is 498 g/mol. The standard InChI is InChI=1S/C24H31F4N5O2S/c1-36(34,35)32-15-23(11-3-2-4-12-23)14-29-21-20(25)22(31-16-30-21)33(19-9-10-19)13-17-5-7-18(8-6-17)24(26,27)28/h5-8,16,19,32H,2-4,9-15H2,1H3,(H,29,30,31). The lowest BCUT2D eigenvalue weighted by molar-refractivity contribution is -0.137. The Bertz CT molecular complexity index is 1150. The topological polar surface area (TPSA) is 87.2 Å². The summed E-state index contributed by atoms with van der Waals surface area (Å²) in [5.41, 5.74) is -0.462. The largest absolute Gasteiger partial charge is 0.416 e. The lowest BCUT2D eigenvalue weighted by Gasteiger charge is -2.37. The molecule has 36 heavy (non-hydrogen) atoms. The molecule has 4 rings (SSSR count). The fourth-order valence-electron chi connectivity index (χ4n) is 4.72. The quantitative estimate of drug-likeness (QED) is 0.434. The number of aromatic nitrogens is 2. The molecular formula is C24H31F4N5O2S. The lowest BCUT2D eigenvalue weighted by Crippen LogP contribution is -2.43. The molecule has 0 amide bonds. The van der Waals surface area contributed by atoms with E-state index in [-0.39, 0.29) is 36.2 Å². The van der Waals surface area contributed by atoms with E-state index in [0.717, 1.165) is 63.3 Å². The van der Waals surface area contributed by atoms with E-state index in [4.69, 9.17) is 0 Å². The van der Waals surface area contributed by atoms with Crippen molar-refractivity contribution in [3.05, 3.63) is 47.5 Å². The summed E-state index contributed by atoms with van der Waals surface area (Å²) in [4.78, 5) is 10.0. The highest BCUT2D eigenvalue weighted by Crippen LogP contribution is 2.38. The van der Waals surface area contributed by atoms with Gasteiger partial charge in [0.05, 0.1) is 11.8 Å². The van der Waals surface area contributed by atoms with Crippen LogP contribution < -0.4 is 14.9 Å². The smallest absolute Gasteiger partial charge is 0.367 e. The van der Waals surface area contributed by atoms with Crippen LogP contribution in [0.1, 0.15) is 56.1 Å². The van der Waals surface area contributed by atoms with Crippen LogP contribution in [0.5, 0.6) is 0 Å². The summed E-state index contributed by atoms with van der Waals surface area (Å²) in [6.45, 7) is 0.837. The Morgan fingerprint density at radius 3 is 2.31 bits per heavy atom. The zero-order valence-corrected chi connectivity index (χ0v) is 20.9. The van der Waals surface area contributed by atoms with Crippen molar-refractivity contribution in [3.63, 3.8) is 0 Å². The van der Waals surface area contributed by atoms with Crippen LogP contribution >= 0.6 is 0 Å². The van der Waals surface area contributed by atoms with Gasteiger partial charge in [-0.1, -0.05) is 31.4 Å². The summed E-state index contributed by atoms with van der Waals surface area (Å²) in [7, 11) is -3.36. The van der Waals surface area contributed by atoms with Crippen molar-refractivity contribution < 1.29 is 26.0 Å². The molecule has 1 aromatic carbocycles. The first-order chi connectivity index (χ1) is 17.0. The number of hydrogen-bond donors (Lipinski definition) is 2. The fourth-order valence-corrected chi connectivity index (χ4v) is 5.28. The maximum absolute atomic E-state index is 15.6. The maximum Gasteiger partial charge on any atom is 0.416 e. The van der Waals surface area contributed by atoms with Gasteiger partial charge in [0.1, 0.15) is 6.33 Å². The second kappa shape index (κ2) is 10.5. The fraction of sp³-hybridized carbons (Fsp3) is 0.583. The molecule has 0 aliphatic heterocycles. The molecule has 0 saturated heterocycles. The van der Waals surface area contributed by atoms with Crippen LogP contribution in [-0.4, -0.2) is 43.8 Å². The van der Waals surface area contributed by atoms with Crippen molar-refractivity contribution in [1.29, 1.82) is 0 Å². The van der Waals surface area contributed by atoms with Gasteiger partial charge in [-0.25, -0.2) is 23.1 Å². The van der Waals surface area contributed by atoms with E-state index in [9.17, 15) is 21.6 Å². The van der Waals surface area contributed by atoms with Crippen molar-refractivity contribution in [2.45, 2.75) is 63.7 Å². The van der Waals surface area contributed by atoms with Gasteiger partial charge in [-0.3, -0.25) is 0 Å². The van der Waals surface area contributed by atoms with E-state index >= 15 is 4.39 Å². The van der Waals surface area contributed by atoms with E-state index < -0.39 is 27.6 Å². The molecule has 2 N–H and O–H groups in total. The summed E-state index contributed by atoms with van der Waals surface area (Å²) >= 11 is 0. The molecule has 0 atom stereocenters.